The fourth-order valence-corrected chi connectivity index (χ4v) is 14.8. The summed E-state index contributed by atoms with van der Waals surface area (Å²) in [6.07, 6.45) is 25.4. The van der Waals surface area contributed by atoms with Crippen LogP contribution in [-0.2, 0) is 79.6 Å². The van der Waals surface area contributed by atoms with Crippen molar-refractivity contribution in [2.24, 2.45) is 28.2 Å². The Morgan fingerprint density at radius 3 is 1.34 bits per heavy atom. The molecule has 6 aromatic heterocycles. The number of hydrogen-bond acceptors (Lipinski definition) is 20. The molecule has 2 aromatic carbocycles. The third-order valence-corrected chi connectivity index (χ3v) is 20.9. The number of ketones is 3. The summed E-state index contributed by atoms with van der Waals surface area (Å²) in [7, 11) is 17.4. The molecule has 30 nitrogen and oxygen atoms in total. The summed E-state index contributed by atoms with van der Waals surface area (Å²) >= 11 is 0. The van der Waals surface area contributed by atoms with Gasteiger partial charge in [-0.15, -0.1) is 0 Å². The number of aryl methyl sites for hydroxylation is 4. The third kappa shape index (κ3) is 25.5. The van der Waals surface area contributed by atoms with Crippen molar-refractivity contribution in [1.82, 2.24) is 53.2 Å². The number of carboxylic acids is 1. The number of carbonyl (C=O) groups excluding carboxylic acids is 8. The van der Waals surface area contributed by atoms with Crippen LogP contribution in [0.5, 0.6) is 23.0 Å². The van der Waals surface area contributed by atoms with Gasteiger partial charge in [-0.1, -0.05) is 64.2 Å². The lowest BCUT2D eigenvalue weighted by molar-refractivity contribution is -0.155. The maximum absolute atomic E-state index is 12.8. The Labute approximate surface area is 686 Å². The number of pyridine rings is 4. The molecule has 2 unspecified atom stereocenters. The summed E-state index contributed by atoms with van der Waals surface area (Å²) in [5.41, 5.74) is 5.40. The molecule has 1 aliphatic heterocycles. The van der Waals surface area contributed by atoms with Gasteiger partial charge >= 0.3 is 11.9 Å². The van der Waals surface area contributed by atoms with Crippen LogP contribution in [0.25, 0.3) is 44.1 Å². The van der Waals surface area contributed by atoms with Gasteiger partial charge in [-0.2, -0.15) is 0 Å². The minimum atomic E-state index is -1.16. The van der Waals surface area contributed by atoms with Gasteiger partial charge in [-0.3, -0.25) is 72.7 Å². The lowest BCUT2D eigenvalue weighted by Crippen LogP contribution is -2.44. The smallest absolute Gasteiger partial charge is 0.337 e. The fraction of sp³-hybridized carbons (Fsp3) is 0.489. The van der Waals surface area contributed by atoms with E-state index in [1.54, 1.807) is 51.7 Å². The summed E-state index contributed by atoms with van der Waals surface area (Å²) < 4.78 is 37.7. The van der Waals surface area contributed by atoms with Crippen LogP contribution in [0, 0.1) is 0 Å². The van der Waals surface area contributed by atoms with E-state index in [0.717, 1.165) is 151 Å². The highest BCUT2D eigenvalue weighted by Crippen LogP contribution is 2.40. The number of nitrogens with zero attached hydrogens (tertiary/aromatic N) is 8. The molecule has 0 spiro atoms. The maximum atomic E-state index is 12.8. The number of aromatic carboxylic acids is 1. The first-order valence-electron chi connectivity index (χ1n) is 40.3. The Morgan fingerprint density at radius 1 is 0.508 bits per heavy atom. The minimum absolute atomic E-state index is 0.0223. The summed E-state index contributed by atoms with van der Waals surface area (Å²) in [5, 5.41) is 18.9. The Bertz CT molecular complexity index is 5140. The molecule has 30 heteroatoms. The number of hydrogen-bond donors (Lipinski definition) is 4. The van der Waals surface area contributed by atoms with Gasteiger partial charge in [0.05, 0.1) is 70.7 Å². The van der Waals surface area contributed by atoms with E-state index in [9.17, 15) is 62.3 Å². The normalized spacial score (nSPS) is 14.2. The number of aromatic nitrogens is 6. The molecule has 4 N–H and O–H groups in total. The van der Waals surface area contributed by atoms with Crippen molar-refractivity contribution < 1.29 is 71.9 Å². The van der Waals surface area contributed by atoms with Gasteiger partial charge in [0.25, 0.3) is 22.2 Å². The van der Waals surface area contributed by atoms with Crippen LogP contribution < -0.4 is 57.1 Å². The second-order valence-corrected chi connectivity index (χ2v) is 31.4. The molecule has 636 valence electrons. The van der Waals surface area contributed by atoms with E-state index in [1.165, 1.54) is 29.0 Å². The predicted molar refractivity (Wildman–Crippen MR) is 449 cm³/mol. The maximum Gasteiger partial charge on any atom is 0.337 e. The van der Waals surface area contributed by atoms with Gasteiger partial charge in [0, 0.05) is 157 Å². The number of benzene rings is 2. The standard InChI is InChI=1S/C41H52N6O8.C35H52N4O6.C12H11NO5/c1-44(24-31-34(54-4)21-28(22-35(31)55-5)30-25-46(3)41(53)39-29(30)18-20-45(39)2)26-37(50)42-19-12-10-8-6-7-9-11-13-33(48)27-14-17-38(51)47(23-27)32-15-16-36(49)43-40(32)52;1-35(2,3)45-32(41)16-14-12-10-9-11-13-15-18-36-31(40)24-37(4)22-28-29(43-7)20-25(21-30(28)44-8)27-23-39(6)34(42)33-26(27)17-19-38(33)5;14-8-2-3-9(10(15)5-8)13-6-7(12(17)18)1-4-11(13)16/h14,17-18,20-23,25,32H,6-13,15-16,19,24,26H2,1-5H3,(H,42,50)(H,43,49,52);17,19-21,23H,9-16,18,22,24H2,1-8H3,(H,36,40);1,4,6,9H,2-3,5H2,(H,17,18). The van der Waals surface area contributed by atoms with Gasteiger partial charge in [0.1, 0.15) is 51.5 Å². The summed E-state index contributed by atoms with van der Waals surface area (Å²) in [6, 6.07) is 15.3. The molecule has 1 saturated carbocycles. The fourth-order valence-electron chi connectivity index (χ4n) is 14.8. The van der Waals surface area contributed by atoms with Crippen LogP contribution in [0.15, 0.2) is 117 Å². The molecule has 2 fully saturated rings. The third-order valence-electron chi connectivity index (χ3n) is 20.9. The van der Waals surface area contributed by atoms with Crippen LogP contribution in [0.2, 0.25) is 0 Å². The lowest BCUT2D eigenvalue weighted by Gasteiger charge is -2.23. The van der Waals surface area contributed by atoms with Crippen molar-refractivity contribution in [2.45, 2.75) is 186 Å². The Balaban J connectivity index is 0.000000246. The average Bonchev–Trinajstić information content (AvgIpc) is 1.56. The second-order valence-electron chi connectivity index (χ2n) is 31.4. The Morgan fingerprint density at radius 2 is 0.915 bits per heavy atom. The van der Waals surface area contributed by atoms with Crippen molar-refractivity contribution >= 4 is 74.7 Å². The number of imide groups is 1. The number of piperidine rings is 1. The average molecular weight is 1630 g/mol. The summed E-state index contributed by atoms with van der Waals surface area (Å²) in [4.78, 5) is 161. The Kier molecular flexibility index (Phi) is 34.0. The van der Waals surface area contributed by atoms with Crippen LogP contribution in [0.1, 0.15) is 200 Å². The first-order valence-corrected chi connectivity index (χ1v) is 40.3. The molecule has 2 aliphatic rings. The van der Waals surface area contributed by atoms with Gasteiger partial charge in [-0.25, -0.2) is 4.79 Å². The number of carboxylic acid groups (broad SMARTS) is 1. The largest absolute Gasteiger partial charge is 0.496 e. The first-order chi connectivity index (χ1) is 56.2. The van der Waals surface area contributed by atoms with Crippen LogP contribution >= 0.6 is 0 Å². The number of Topliss-reactive ketones (excluding diaryl/α,β-unsaturated/α-hetero) is 3. The van der Waals surface area contributed by atoms with Gasteiger partial charge in [-0.05, 0) is 133 Å². The zero-order valence-electron chi connectivity index (χ0n) is 70.4. The second kappa shape index (κ2) is 43.6. The molecule has 2 atom stereocenters. The summed E-state index contributed by atoms with van der Waals surface area (Å²) in [5.74, 6) is -0.250. The molecule has 7 heterocycles. The highest BCUT2D eigenvalue weighted by molar-refractivity contribution is 6.03. The van der Waals surface area contributed by atoms with Crippen molar-refractivity contribution in [1.29, 1.82) is 0 Å². The van der Waals surface area contributed by atoms with E-state index < -0.39 is 35.1 Å². The lowest BCUT2D eigenvalue weighted by atomic mass is 9.92. The molecule has 10 rings (SSSR count). The Hall–Kier alpha value is -11.5. The number of carbonyl (C=O) groups is 9. The van der Waals surface area contributed by atoms with Gasteiger partial charge in [0.15, 0.2) is 11.6 Å². The molecule has 4 amide bonds. The molecule has 118 heavy (non-hydrogen) atoms. The molecule has 0 radical (unpaired) electrons. The van der Waals surface area contributed by atoms with Crippen molar-refractivity contribution in [3.05, 3.63) is 162 Å². The monoisotopic (exact) mass is 1630 g/mol. The van der Waals surface area contributed by atoms with Crippen LogP contribution in [0.4, 0.5) is 0 Å². The number of fused-ring (bicyclic) bond motifs is 2. The van der Waals surface area contributed by atoms with E-state index in [-0.39, 0.29) is 108 Å². The molecular weight excluding hydrogens is 1520 g/mol. The molecule has 8 aromatic rings. The molecule has 1 aliphatic carbocycles. The van der Waals surface area contributed by atoms with Crippen molar-refractivity contribution in [3.8, 4) is 45.3 Å². The van der Waals surface area contributed by atoms with E-state index >= 15 is 0 Å². The number of nitrogens with one attached hydrogen (secondary N) is 3. The van der Waals surface area contributed by atoms with Crippen LogP contribution in [0.3, 0.4) is 0 Å². The SMILES string of the molecule is COc1cc(-c2cn(C)c(=O)c3c2ccn3C)cc(OC)c1CN(C)CC(=O)NCCCCCCCCCC(=O)OC(C)(C)C.COc1cc(-c2cn(C)c(=O)c3c2ccn3C)cc(OC)c1CN(C)CC(=O)NCCCCCCCCCC(=O)c1ccc(=O)n(C2CCC(=O)NC2=O)c1.O=C1CCC(n2cc(C(=O)O)ccc2=O)C(=O)C1. The first kappa shape index (κ1) is 92.0. The number of rotatable bonds is 38. The van der Waals surface area contributed by atoms with E-state index in [0.29, 0.717) is 78.6 Å². The molecule has 0 bridgehead atoms. The van der Waals surface area contributed by atoms with E-state index in [1.807, 2.05) is 129 Å². The number of likely N-dealkylation sites (N-methyl/N-ethyl adjacent to an activating group) is 2. The van der Waals surface area contributed by atoms with E-state index in [2.05, 4.69) is 16.0 Å². The minimum Gasteiger partial charge on any atom is -0.496 e. The predicted octanol–water partition coefficient (Wildman–Crippen LogP) is 10.2. The number of ether oxygens (including phenoxy) is 5. The quantitative estimate of drug-likeness (QED) is 0.00918. The number of unbranched alkanes of at least 4 members (excludes halogenated alkanes) is 12. The van der Waals surface area contributed by atoms with Crippen molar-refractivity contribution in [3.63, 3.8) is 0 Å². The number of esters is 1. The number of methoxy groups -OCH3 is 4. The molecular formula is C88H115N11O19. The topological polar surface area (TPSA) is 360 Å². The highest BCUT2D eigenvalue weighted by Gasteiger charge is 2.32. The number of amides is 4. The molecule has 1 saturated heterocycles. The van der Waals surface area contributed by atoms with Gasteiger partial charge < -0.3 is 66.8 Å². The van der Waals surface area contributed by atoms with E-state index in [4.69, 9.17) is 28.8 Å². The zero-order valence-corrected chi connectivity index (χ0v) is 70.4. The van der Waals surface area contributed by atoms with Crippen molar-refractivity contribution in [2.75, 3.05) is 68.7 Å². The van der Waals surface area contributed by atoms with Crippen LogP contribution in [-0.4, -0.2) is 170 Å². The summed E-state index contributed by atoms with van der Waals surface area (Å²) in [6.45, 7) is 8.25. The highest BCUT2D eigenvalue weighted by atomic mass is 16.6. The zero-order chi connectivity index (χ0) is 86.1. The van der Waals surface area contributed by atoms with Gasteiger partial charge in [0.2, 0.25) is 23.6 Å².